The van der Waals surface area contributed by atoms with E-state index in [2.05, 4.69) is 19.9 Å². The Morgan fingerprint density at radius 2 is 2.04 bits per heavy atom. The fraction of sp³-hybridized carbons (Fsp3) is 0.714. The first kappa shape index (κ1) is 17.5. The summed E-state index contributed by atoms with van der Waals surface area (Å²) in [6.45, 7) is 4.59. The van der Waals surface area contributed by atoms with Crippen molar-refractivity contribution in [3.05, 3.63) is 23.8 Å². The average molecular weight is 363 g/mol. The van der Waals surface area contributed by atoms with Crippen molar-refractivity contribution < 1.29 is 14.0 Å². The molecular formula is C21H27FO2S. The predicted molar refractivity (Wildman–Crippen MR) is 98.7 cm³/mol. The molecule has 3 saturated carbocycles. The van der Waals surface area contributed by atoms with Gasteiger partial charge in [0.15, 0.2) is 10.9 Å². The van der Waals surface area contributed by atoms with E-state index in [0.29, 0.717) is 17.8 Å². The van der Waals surface area contributed by atoms with Crippen LogP contribution < -0.4 is 0 Å². The van der Waals surface area contributed by atoms with Crippen LogP contribution in [0.2, 0.25) is 0 Å². The minimum atomic E-state index is -0.604. The predicted octanol–water partition coefficient (Wildman–Crippen LogP) is 5.10. The molecule has 0 bridgehead atoms. The second kappa shape index (κ2) is 6.07. The molecule has 4 rings (SSSR count). The highest BCUT2D eigenvalue weighted by Gasteiger charge is 2.59. The Labute approximate surface area is 153 Å². The molecule has 4 aliphatic carbocycles. The highest BCUT2D eigenvalue weighted by atomic mass is 32.2. The summed E-state index contributed by atoms with van der Waals surface area (Å²) in [5, 5.41) is 0.0664. The number of fused-ring (bicyclic) bond motifs is 5. The van der Waals surface area contributed by atoms with Crippen LogP contribution in [0.1, 0.15) is 52.4 Å². The van der Waals surface area contributed by atoms with Crippen molar-refractivity contribution in [2.75, 3.05) is 6.01 Å². The first-order chi connectivity index (χ1) is 11.9. The smallest absolute Gasteiger partial charge is 0.195 e. The molecule has 0 amide bonds. The highest BCUT2D eigenvalue weighted by Crippen LogP contribution is 2.66. The van der Waals surface area contributed by atoms with Gasteiger partial charge in [0.2, 0.25) is 0 Å². The average Bonchev–Trinajstić information content (AvgIpc) is 2.93. The van der Waals surface area contributed by atoms with Crippen LogP contribution in [0, 0.1) is 34.5 Å². The van der Waals surface area contributed by atoms with Crippen LogP contribution in [0.5, 0.6) is 0 Å². The fourth-order valence-electron chi connectivity index (χ4n) is 6.74. The lowest BCUT2D eigenvalue weighted by Gasteiger charge is -2.56. The molecule has 25 heavy (non-hydrogen) atoms. The standard InChI is InChI=1S/C21H27FO2S/c1-20-9-7-14(23)11-13(20)3-4-15-16-5-6-18(19(24)25-12-22)21(16,2)10-8-17(15)20/h7,9,11,15-18H,3-6,8,10,12H2,1-2H3/t15-,16-,17-,18+,20-,21-/m0/s1. The number of alkyl halides is 1. The number of allylic oxidation sites excluding steroid dienone is 4. The molecular weight excluding hydrogens is 335 g/mol. The van der Waals surface area contributed by atoms with Crippen molar-refractivity contribution in [2.45, 2.75) is 52.4 Å². The number of hydrogen-bond acceptors (Lipinski definition) is 3. The number of halogens is 1. The molecule has 0 aliphatic heterocycles. The van der Waals surface area contributed by atoms with Gasteiger partial charge in [0.25, 0.3) is 0 Å². The molecule has 0 aromatic heterocycles. The number of hydrogen-bond donors (Lipinski definition) is 0. The molecule has 0 heterocycles. The maximum atomic E-state index is 12.7. The summed E-state index contributed by atoms with van der Waals surface area (Å²) in [6, 6.07) is -0.604. The van der Waals surface area contributed by atoms with Crippen molar-refractivity contribution in [1.82, 2.24) is 0 Å². The molecule has 0 radical (unpaired) electrons. The van der Waals surface area contributed by atoms with Crippen molar-refractivity contribution in [3.63, 3.8) is 0 Å². The topological polar surface area (TPSA) is 34.1 Å². The van der Waals surface area contributed by atoms with Gasteiger partial charge in [-0.15, -0.1) is 0 Å². The van der Waals surface area contributed by atoms with Gasteiger partial charge in [-0.2, -0.15) is 0 Å². The van der Waals surface area contributed by atoms with E-state index in [-0.39, 0.29) is 27.6 Å². The number of ketones is 1. The summed E-state index contributed by atoms with van der Waals surface area (Å²) >= 11 is 0.867. The van der Waals surface area contributed by atoms with E-state index >= 15 is 0 Å². The third-order valence-electron chi connectivity index (χ3n) is 8.04. The molecule has 3 fully saturated rings. The van der Waals surface area contributed by atoms with E-state index in [1.807, 2.05) is 6.08 Å². The molecule has 0 N–H and O–H groups in total. The summed E-state index contributed by atoms with van der Waals surface area (Å²) < 4.78 is 12.7. The van der Waals surface area contributed by atoms with E-state index in [4.69, 9.17) is 0 Å². The molecule has 6 atom stereocenters. The molecule has 4 heteroatoms. The minimum absolute atomic E-state index is 0.00788. The van der Waals surface area contributed by atoms with Gasteiger partial charge in [0.05, 0.1) is 0 Å². The molecule has 0 saturated heterocycles. The first-order valence-electron chi connectivity index (χ1n) is 9.57. The zero-order chi connectivity index (χ0) is 17.8. The van der Waals surface area contributed by atoms with E-state index in [1.165, 1.54) is 5.57 Å². The van der Waals surface area contributed by atoms with Gasteiger partial charge in [0.1, 0.15) is 6.01 Å². The van der Waals surface area contributed by atoms with Crippen LogP contribution >= 0.6 is 11.8 Å². The number of thioether (sulfide) groups is 1. The molecule has 4 aliphatic rings. The number of carbonyl (C=O) groups excluding carboxylic acids is 2. The largest absolute Gasteiger partial charge is 0.290 e. The zero-order valence-electron chi connectivity index (χ0n) is 15.1. The summed E-state index contributed by atoms with van der Waals surface area (Å²) in [5.41, 5.74) is 1.35. The molecule has 0 aromatic rings. The van der Waals surface area contributed by atoms with Crippen LogP contribution in [0.25, 0.3) is 0 Å². The van der Waals surface area contributed by atoms with Gasteiger partial charge < -0.3 is 0 Å². The fourth-order valence-corrected chi connectivity index (χ4v) is 7.44. The monoisotopic (exact) mass is 362 g/mol. The van der Waals surface area contributed by atoms with Crippen LogP contribution in [0.4, 0.5) is 4.39 Å². The Morgan fingerprint density at radius 3 is 2.80 bits per heavy atom. The molecule has 2 nitrogen and oxygen atoms in total. The second-order valence-corrected chi connectivity index (χ2v) is 9.76. The van der Waals surface area contributed by atoms with E-state index in [1.54, 1.807) is 6.08 Å². The summed E-state index contributed by atoms with van der Waals surface area (Å²) in [5.74, 6) is 1.89. The lowest BCUT2D eigenvalue weighted by molar-refractivity contribution is -0.121. The quantitative estimate of drug-likeness (QED) is 0.685. The Hall–Kier alpha value is -0.900. The molecule has 0 unspecified atom stereocenters. The number of carbonyl (C=O) groups is 2. The normalized spacial score (nSPS) is 45.4. The number of rotatable bonds is 2. The van der Waals surface area contributed by atoms with Crippen LogP contribution in [-0.2, 0) is 9.59 Å². The van der Waals surface area contributed by atoms with E-state index in [9.17, 15) is 14.0 Å². The third kappa shape index (κ3) is 2.50. The van der Waals surface area contributed by atoms with Crippen molar-refractivity contribution in [3.8, 4) is 0 Å². The Bertz CT molecular complexity index is 669. The van der Waals surface area contributed by atoms with Crippen LogP contribution in [0.15, 0.2) is 23.8 Å². The van der Waals surface area contributed by atoms with Crippen molar-refractivity contribution >= 4 is 22.7 Å². The Balaban J connectivity index is 1.62. The SMILES string of the molecule is C[C@]12CC[C@H]3[C@@H](CCC4=CC(=O)C=C[C@@]43C)[C@@H]1CC[C@@H]2C(=O)SCF. The van der Waals surface area contributed by atoms with Crippen molar-refractivity contribution in [1.29, 1.82) is 0 Å². The zero-order valence-corrected chi connectivity index (χ0v) is 15.9. The lowest BCUT2D eigenvalue weighted by atomic mass is 9.48. The first-order valence-corrected chi connectivity index (χ1v) is 10.6. The summed E-state index contributed by atoms with van der Waals surface area (Å²) in [7, 11) is 0. The van der Waals surface area contributed by atoms with Gasteiger partial charge in [-0.25, -0.2) is 4.39 Å². The van der Waals surface area contributed by atoms with Gasteiger partial charge >= 0.3 is 0 Å². The molecule has 0 spiro atoms. The minimum Gasteiger partial charge on any atom is -0.290 e. The molecule has 136 valence electrons. The second-order valence-electron chi connectivity index (χ2n) is 8.85. The van der Waals surface area contributed by atoms with Gasteiger partial charge in [0, 0.05) is 11.3 Å². The molecule has 0 aromatic carbocycles. The van der Waals surface area contributed by atoms with Gasteiger partial charge in [-0.05, 0) is 73.8 Å². The lowest BCUT2D eigenvalue weighted by Crippen LogP contribution is -2.50. The van der Waals surface area contributed by atoms with Crippen LogP contribution in [-0.4, -0.2) is 16.9 Å². The van der Waals surface area contributed by atoms with E-state index < -0.39 is 6.01 Å². The van der Waals surface area contributed by atoms with Gasteiger partial charge in [-0.1, -0.05) is 37.3 Å². The van der Waals surface area contributed by atoms with Gasteiger partial charge in [-0.3, -0.25) is 9.59 Å². The highest BCUT2D eigenvalue weighted by molar-refractivity contribution is 8.13. The maximum Gasteiger partial charge on any atom is 0.195 e. The maximum absolute atomic E-state index is 12.7. The summed E-state index contributed by atoms with van der Waals surface area (Å²) in [6.07, 6.45) is 12.1. The third-order valence-corrected chi connectivity index (χ3v) is 8.72. The Kier molecular flexibility index (Phi) is 4.25. The summed E-state index contributed by atoms with van der Waals surface area (Å²) in [4.78, 5) is 24.3. The Morgan fingerprint density at radius 1 is 1.24 bits per heavy atom. The van der Waals surface area contributed by atoms with E-state index in [0.717, 1.165) is 50.3 Å². The van der Waals surface area contributed by atoms with Crippen molar-refractivity contribution in [2.24, 2.45) is 34.5 Å². The van der Waals surface area contributed by atoms with Crippen LogP contribution in [0.3, 0.4) is 0 Å².